The Morgan fingerprint density at radius 3 is 2.74 bits per heavy atom. The number of hydrogen-bond donors (Lipinski definition) is 1. The van der Waals surface area contributed by atoms with Crippen LogP contribution in [0.1, 0.15) is 10.4 Å². The number of methoxy groups -OCH3 is 1. The first-order valence-electron chi connectivity index (χ1n) is 6.01. The largest absolute Gasteiger partial charge is 0.493 e. The van der Waals surface area contributed by atoms with Gasteiger partial charge in [-0.15, -0.1) is 0 Å². The molecule has 0 aliphatic carbocycles. The first-order chi connectivity index (χ1) is 9.05. The van der Waals surface area contributed by atoms with Crippen molar-refractivity contribution in [3.63, 3.8) is 0 Å². The number of ether oxygens (including phenoxy) is 2. The lowest BCUT2D eigenvalue weighted by Gasteiger charge is -2.36. The summed E-state index contributed by atoms with van der Waals surface area (Å²) in [6.45, 7) is 1.55. The third-order valence-corrected chi connectivity index (χ3v) is 3.26. The molecule has 1 aliphatic heterocycles. The molecule has 19 heavy (non-hydrogen) atoms. The predicted octanol–water partition coefficient (Wildman–Crippen LogP) is 1.18. The Balaban J connectivity index is 2.34. The number of carbonyl (C=O) groups excluding carboxylic acids is 1. The van der Waals surface area contributed by atoms with Crippen LogP contribution >= 0.6 is 11.6 Å². The molecule has 104 valence electrons. The minimum absolute atomic E-state index is 0.0596. The molecule has 1 heterocycles. The van der Waals surface area contributed by atoms with Crippen molar-refractivity contribution in [2.45, 2.75) is 6.10 Å². The number of hydrogen-bond acceptors (Lipinski definition) is 5. The molecule has 0 bridgehead atoms. The fourth-order valence-corrected chi connectivity index (χ4v) is 2.25. The van der Waals surface area contributed by atoms with Crippen LogP contribution in [0.15, 0.2) is 12.1 Å². The summed E-state index contributed by atoms with van der Waals surface area (Å²) < 4.78 is 11.1. The maximum absolute atomic E-state index is 11.9. The molecule has 5 nitrogen and oxygen atoms in total. The summed E-state index contributed by atoms with van der Waals surface area (Å²) >= 11 is 5.97. The van der Waals surface area contributed by atoms with E-state index in [1.54, 1.807) is 12.1 Å². The molecule has 1 saturated heterocycles. The van der Waals surface area contributed by atoms with Crippen LogP contribution < -0.4 is 15.2 Å². The van der Waals surface area contributed by atoms with Crippen LogP contribution in [0.25, 0.3) is 0 Å². The van der Waals surface area contributed by atoms with E-state index in [0.717, 1.165) is 13.1 Å². The zero-order valence-electron chi connectivity index (χ0n) is 11.0. The lowest BCUT2D eigenvalue weighted by Crippen LogP contribution is -2.51. The summed E-state index contributed by atoms with van der Waals surface area (Å²) in [7, 11) is 3.52. The number of nitrogens with two attached hydrogens (primary N) is 1. The Morgan fingerprint density at radius 1 is 1.53 bits per heavy atom. The molecule has 1 aromatic carbocycles. The highest BCUT2D eigenvalue weighted by Gasteiger charge is 2.28. The molecule has 0 atom stereocenters. The fourth-order valence-electron chi connectivity index (χ4n) is 2.04. The van der Waals surface area contributed by atoms with Crippen LogP contribution in [0.5, 0.6) is 11.5 Å². The zero-order valence-corrected chi connectivity index (χ0v) is 11.7. The van der Waals surface area contributed by atoms with Crippen molar-refractivity contribution in [3.8, 4) is 11.5 Å². The molecule has 2 rings (SSSR count). The lowest BCUT2D eigenvalue weighted by atomic mass is 10.1. The average molecular weight is 285 g/mol. The van der Waals surface area contributed by atoms with E-state index in [0.29, 0.717) is 22.1 Å². The van der Waals surface area contributed by atoms with E-state index in [1.165, 1.54) is 7.11 Å². The van der Waals surface area contributed by atoms with Crippen LogP contribution in [0.2, 0.25) is 5.02 Å². The van der Waals surface area contributed by atoms with Crippen LogP contribution in [0.3, 0.4) is 0 Å². The van der Waals surface area contributed by atoms with E-state index < -0.39 is 0 Å². The summed E-state index contributed by atoms with van der Waals surface area (Å²) in [5.41, 5.74) is 5.79. The Morgan fingerprint density at radius 2 is 2.21 bits per heavy atom. The van der Waals surface area contributed by atoms with Crippen molar-refractivity contribution >= 4 is 17.4 Å². The quantitative estimate of drug-likeness (QED) is 0.823. The van der Waals surface area contributed by atoms with Gasteiger partial charge in [-0.1, -0.05) is 11.6 Å². The second-order valence-electron chi connectivity index (χ2n) is 4.57. The summed E-state index contributed by atoms with van der Waals surface area (Å²) in [4.78, 5) is 14.0. The number of halogens is 1. The maximum Gasteiger partial charge on any atom is 0.180 e. The van der Waals surface area contributed by atoms with Crippen molar-refractivity contribution in [3.05, 3.63) is 22.7 Å². The van der Waals surface area contributed by atoms with E-state index in [4.69, 9.17) is 26.8 Å². The van der Waals surface area contributed by atoms with Gasteiger partial charge in [-0.25, -0.2) is 0 Å². The Hall–Kier alpha value is -1.30. The van der Waals surface area contributed by atoms with E-state index in [1.807, 2.05) is 7.05 Å². The third-order valence-electron chi connectivity index (χ3n) is 3.04. The van der Waals surface area contributed by atoms with E-state index in [2.05, 4.69) is 4.90 Å². The van der Waals surface area contributed by atoms with Crippen molar-refractivity contribution < 1.29 is 14.3 Å². The number of carbonyl (C=O) groups is 1. The van der Waals surface area contributed by atoms with Gasteiger partial charge in [0, 0.05) is 24.2 Å². The number of nitrogens with zero attached hydrogens (tertiary/aromatic N) is 1. The first-order valence-corrected chi connectivity index (χ1v) is 6.39. The molecule has 0 spiro atoms. The Labute approximate surface area is 117 Å². The number of likely N-dealkylation sites (N-methyl/N-ethyl adjacent to an activating group) is 1. The highest BCUT2D eigenvalue weighted by Crippen LogP contribution is 2.36. The van der Waals surface area contributed by atoms with Crippen molar-refractivity contribution in [2.75, 3.05) is 33.8 Å². The highest BCUT2D eigenvalue weighted by molar-refractivity contribution is 6.31. The monoisotopic (exact) mass is 284 g/mol. The molecule has 0 radical (unpaired) electrons. The van der Waals surface area contributed by atoms with Gasteiger partial charge in [0.2, 0.25) is 0 Å². The normalized spacial score (nSPS) is 16.0. The third kappa shape index (κ3) is 3.00. The van der Waals surface area contributed by atoms with Crippen molar-refractivity contribution in [1.82, 2.24) is 4.90 Å². The minimum Gasteiger partial charge on any atom is -0.493 e. The molecule has 2 N–H and O–H groups in total. The standard InChI is InChI=1S/C13H17ClN2O3/c1-16-6-9(7-16)19-13-10(11(17)5-15)3-8(14)4-12(13)18-2/h3-4,9H,5-7,15H2,1-2H3. The molecule has 0 unspecified atom stereocenters. The van der Waals surface area contributed by atoms with Gasteiger partial charge >= 0.3 is 0 Å². The van der Waals surface area contributed by atoms with Crippen molar-refractivity contribution in [2.24, 2.45) is 5.73 Å². The molecule has 0 aromatic heterocycles. The van der Waals surface area contributed by atoms with Gasteiger partial charge in [0.1, 0.15) is 6.10 Å². The number of rotatable bonds is 5. The summed E-state index contributed by atoms with van der Waals surface area (Å²) in [5, 5.41) is 0.423. The van der Waals surface area contributed by atoms with E-state index >= 15 is 0 Å². The molecule has 1 aliphatic rings. The molecule has 0 amide bonds. The second-order valence-corrected chi connectivity index (χ2v) is 5.01. The van der Waals surface area contributed by atoms with Gasteiger partial charge in [0.15, 0.2) is 17.3 Å². The van der Waals surface area contributed by atoms with Crippen LogP contribution in [0.4, 0.5) is 0 Å². The smallest absolute Gasteiger partial charge is 0.180 e. The maximum atomic E-state index is 11.9. The zero-order chi connectivity index (χ0) is 14.0. The predicted molar refractivity (Wildman–Crippen MR) is 73.3 cm³/mol. The Bertz CT molecular complexity index is 487. The van der Waals surface area contributed by atoms with Gasteiger partial charge in [-0.3, -0.25) is 9.69 Å². The second kappa shape index (κ2) is 5.77. The van der Waals surface area contributed by atoms with Gasteiger partial charge in [-0.2, -0.15) is 0 Å². The summed E-state index contributed by atoms with van der Waals surface area (Å²) in [5.74, 6) is 0.669. The van der Waals surface area contributed by atoms with Gasteiger partial charge < -0.3 is 15.2 Å². The minimum atomic E-state index is -0.219. The fraction of sp³-hybridized carbons (Fsp3) is 0.462. The van der Waals surface area contributed by atoms with Crippen LogP contribution in [-0.2, 0) is 0 Å². The molecular formula is C13H17ClN2O3. The number of ketones is 1. The SMILES string of the molecule is COc1cc(Cl)cc(C(=O)CN)c1OC1CN(C)C1. The van der Waals surface area contributed by atoms with Crippen LogP contribution in [0, 0.1) is 0 Å². The molecule has 0 saturated carbocycles. The number of likely N-dealkylation sites (tertiary alicyclic amines) is 1. The average Bonchev–Trinajstić information content (AvgIpc) is 2.37. The molecule has 1 aromatic rings. The Kier molecular flexibility index (Phi) is 4.29. The van der Waals surface area contributed by atoms with Crippen molar-refractivity contribution in [1.29, 1.82) is 0 Å². The summed E-state index contributed by atoms with van der Waals surface area (Å²) in [6.07, 6.45) is 0.0596. The van der Waals surface area contributed by atoms with Gasteiger partial charge in [-0.05, 0) is 13.1 Å². The summed E-state index contributed by atoms with van der Waals surface area (Å²) in [6, 6.07) is 3.20. The van der Waals surface area contributed by atoms with E-state index in [-0.39, 0.29) is 18.4 Å². The topological polar surface area (TPSA) is 64.8 Å². The number of Topliss-reactive ketones (excluding diaryl/α,β-unsaturated/α-hetero) is 1. The molecular weight excluding hydrogens is 268 g/mol. The number of benzene rings is 1. The van der Waals surface area contributed by atoms with Gasteiger partial charge in [0.05, 0.1) is 19.2 Å². The van der Waals surface area contributed by atoms with Crippen LogP contribution in [-0.4, -0.2) is 50.6 Å². The lowest BCUT2D eigenvalue weighted by molar-refractivity contribution is 0.0362. The molecule has 1 fully saturated rings. The first kappa shape index (κ1) is 14.1. The van der Waals surface area contributed by atoms with Gasteiger partial charge in [0.25, 0.3) is 0 Å². The highest BCUT2D eigenvalue weighted by atomic mass is 35.5. The molecule has 6 heteroatoms. The van der Waals surface area contributed by atoms with E-state index in [9.17, 15) is 4.79 Å².